The van der Waals surface area contributed by atoms with Gasteiger partial charge in [0.05, 0.1) is 13.5 Å². The minimum atomic E-state index is -0.312. The van der Waals surface area contributed by atoms with Crippen molar-refractivity contribution in [2.45, 2.75) is 6.42 Å². The van der Waals surface area contributed by atoms with Gasteiger partial charge in [-0.25, -0.2) is 0 Å². The second-order valence-electron chi connectivity index (χ2n) is 3.85. The van der Waals surface area contributed by atoms with Crippen molar-refractivity contribution < 1.29 is 14.3 Å². The van der Waals surface area contributed by atoms with Crippen LogP contribution in [0, 0.1) is 0 Å². The molecule has 0 heterocycles. The molecular formula is C14H17NO3S. The molecule has 0 saturated heterocycles. The van der Waals surface area contributed by atoms with Gasteiger partial charge in [-0.3, -0.25) is 14.5 Å². The number of imide groups is 1. The number of likely N-dealkylation sites (N-methyl/N-ethyl adjacent to an activating group) is 1. The van der Waals surface area contributed by atoms with Crippen LogP contribution >= 0.6 is 11.8 Å². The molecule has 0 radical (unpaired) electrons. The number of hydrogen-bond donors (Lipinski definition) is 0. The van der Waals surface area contributed by atoms with Crippen LogP contribution in [0.2, 0.25) is 0 Å². The number of methoxy groups -OCH3 is 1. The zero-order valence-corrected chi connectivity index (χ0v) is 12.1. The Bertz CT molecular complexity index is 468. The standard InChI is InChI=1S/C14H17NO3S/c1-15(13(16)8-9-19-3)14(17)10-11-4-6-12(18-2)7-5-11/h4-9H,10H2,1-3H3/b9-8-. The summed E-state index contributed by atoms with van der Waals surface area (Å²) < 4.78 is 5.04. The predicted octanol–water partition coefficient (Wildman–Crippen LogP) is 2.10. The van der Waals surface area contributed by atoms with Gasteiger partial charge in [0.25, 0.3) is 5.91 Å². The van der Waals surface area contributed by atoms with Crippen LogP contribution in [0.15, 0.2) is 35.7 Å². The van der Waals surface area contributed by atoms with Crippen LogP contribution in [-0.4, -0.2) is 37.1 Å². The van der Waals surface area contributed by atoms with E-state index in [2.05, 4.69) is 0 Å². The number of benzene rings is 1. The fourth-order valence-electron chi connectivity index (χ4n) is 1.40. The van der Waals surface area contributed by atoms with Crippen molar-refractivity contribution in [3.63, 3.8) is 0 Å². The molecule has 0 aromatic heterocycles. The van der Waals surface area contributed by atoms with Crippen molar-refractivity contribution in [3.8, 4) is 5.75 Å². The first kappa shape index (κ1) is 15.3. The van der Waals surface area contributed by atoms with Gasteiger partial charge in [-0.15, -0.1) is 11.8 Å². The molecule has 5 heteroatoms. The third-order valence-electron chi connectivity index (χ3n) is 2.57. The summed E-state index contributed by atoms with van der Waals surface area (Å²) in [6.45, 7) is 0. The zero-order valence-electron chi connectivity index (χ0n) is 11.3. The van der Waals surface area contributed by atoms with Crippen LogP contribution in [-0.2, 0) is 16.0 Å². The van der Waals surface area contributed by atoms with Gasteiger partial charge in [0.15, 0.2) is 0 Å². The Morgan fingerprint density at radius 1 is 1.32 bits per heavy atom. The molecule has 2 amide bonds. The maximum atomic E-state index is 11.9. The molecule has 0 unspecified atom stereocenters. The lowest BCUT2D eigenvalue weighted by Gasteiger charge is -2.13. The van der Waals surface area contributed by atoms with Gasteiger partial charge in [0.1, 0.15) is 5.75 Å². The molecule has 0 aliphatic carbocycles. The summed E-state index contributed by atoms with van der Waals surface area (Å²) >= 11 is 1.41. The highest BCUT2D eigenvalue weighted by atomic mass is 32.2. The van der Waals surface area contributed by atoms with E-state index in [-0.39, 0.29) is 18.2 Å². The maximum absolute atomic E-state index is 11.9. The van der Waals surface area contributed by atoms with Crippen molar-refractivity contribution in [1.29, 1.82) is 0 Å². The largest absolute Gasteiger partial charge is 0.497 e. The Kier molecular flexibility index (Phi) is 6.15. The summed E-state index contributed by atoms with van der Waals surface area (Å²) in [5.41, 5.74) is 0.847. The van der Waals surface area contributed by atoms with Gasteiger partial charge in [-0.1, -0.05) is 12.1 Å². The van der Waals surface area contributed by atoms with E-state index in [9.17, 15) is 9.59 Å². The van der Waals surface area contributed by atoms with Crippen LogP contribution in [0.1, 0.15) is 5.56 Å². The summed E-state index contributed by atoms with van der Waals surface area (Å²) in [5.74, 6) is 0.192. The van der Waals surface area contributed by atoms with Crippen molar-refractivity contribution in [2.75, 3.05) is 20.4 Å². The smallest absolute Gasteiger partial charge is 0.253 e. The number of carbonyl (C=O) groups excluding carboxylic acids is 2. The minimum Gasteiger partial charge on any atom is -0.497 e. The topological polar surface area (TPSA) is 46.6 Å². The summed E-state index contributed by atoms with van der Waals surface area (Å²) in [5, 5.41) is 1.65. The molecule has 0 atom stereocenters. The second kappa shape index (κ2) is 7.63. The molecule has 0 fully saturated rings. The fraction of sp³-hybridized carbons (Fsp3) is 0.286. The van der Waals surface area contributed by atoms with E-state index in [1.165, 1.54) is 24.9 Å². The average molecular weight is 279 g/mol. The second-order valence-corrected chi connectivity index (χ2v) is 4.60. The van der Waals surface area contributed by atoms with Crippen molar-refractivity contribution in [3.05, 3.63) is 41.3 Å². The van der Waals surface area contributed by atoms with Crippen LogP contribution in [0.5, 0.6) is 5.75 Å². The molecule has 102 valence electrons. The fourth-order valence-corrected chi connectivity index (χ4v) is 1.65. The Hall–Kier alpha value is -1.75. The van der Waals surface area contributed by atoms with Gasteiger partial charge < -0.3 is 4.74 Å². The number of thioether (sulfide) groups is 1. The Balaban J connectivity index is 2.62. The highest BCUT2D eigenvalue weighted by Crippen LogP contribution is 2.12. The van der Waals surface area contributed by atoms with E-state index >= 15 is 0 Å². The lowest BCUT2D eigenvalue weighted by atomic mass is 10.1. The van der Waals surface area contributed by atoms with E-state index in [0.29, 0.717) is 0 Å². The Morgan fingerprint density at radius 2 is 1.95 bits per heavy atom. The predicted molar refractivity (Wildman–Crippen MR) is 77.1 cm³/mol. The first-order chi connectivity index (χ1) is 9.08. The van der Waals surface area contributed by atoms with E-state index in [1.807, 2.05) is 18.4 Å². The summed E-state index contributed by atoms with van der Waals surface area (Å²) in [4.78, 5) is 24.6. The number of rotatable bonds is 5. The number of nitrogens with zero attached hydrogens (tertiary/aromatic N) is 1. The molecule has 0 aliphatic heterocycles. The van der Waals surface area contributed by atoms with E-state index < -0.39 is 0 Å². The molecule has 19 heavy (non-hydrogen) atoms. The quantitative estimate of drug-likeness (QED) is 0.774. The summed E-state index contributed by atoms with van der Waals surface area (Å²) in [7, 11) is 3.07. The Morgan fingerprint density at radius 3 is 2.47 bits per heavy atom. The maximum Gasteiger partial charge on any atom is 0.253 e. The Labute approximate surface area is 117 Å². The van der Waals surface area contributed by atoms with Crippen molar-refractivity contribution in [1.82, 2.24) is 4.90 Å². The lowest BCUT2D eigenvalue weighted by Crippen LogP contribution is -2.32. The number of ether oxygens (including phenoxy) is 1. The van der Waals surface area contributed by atoms with Crippen LogP contribution in [0.25, 0.3) is 0 Å². The molecule has 0 bridgehead atoms. The third kappa shape index (κ3) is 4.79. The minimum absolute atomic E-state index is 0.194. The van der Waals surface area contributed by atoms with Crippen molar-refractivity contribution >= 4 is 23.6 Å². The lowest BCUT2D eigenvalue weighted by molar-refractivity contribution is -0.139. The number of carbonyl (C=O) groups is 2. The molecule has 0 N–H and O–H groups in total. The van der Waals surface area contributed by atoms with Gasteiger partial charge in [-0.05, 0) is 29.4 Å². The molecule has 0 spiro atoms. The molecule has 1 aromatic rings. The molecular weight excluding hydrogens is 262 g/mol. The normalized spacial score (nSPS) is 10.5. The number of amides is 2. The zero-order chi connectivity index (χ0) is 14.3. The van der Waals surface area contributed by atoms with Crippen LogP contribution in [0.4, 0.5) is 0 Å². The molecule has 0 aliphatic rings. The third-order valence-corrected chi connectivity index (χ3v) is 2.97. The molecule has 1 aromatic carbocycles. The van der Waals surface area contributed by atoms with Gasteiger partial charge in [0.2, 0.25) is 5.91 Å². The van der Waals surface area contributed by atoms with E-state index in [4.69, 9.17) is 4.74 Å². The number of hydrogen-bond acceptors (Lipinski definition) is 4. The SMILES string of the molecule is COc1ccc(CC(=O)N(C)C(=O)/C=C\SC)cc1. The average Bonchev–Trinajstić information content (AvgIpc) is 2.44. The van der Waals surface area contributed by atoms with Crippen LogP contribution < -0.4 is 4.74 Å². The monoisotopic (exact) mass is 279 g/mol. The first-order valence-electron chi connectivity index (χ1n) is 5.71. The molecule has 1 rings (SSSR count). The highest BCUT2D eigenvalue weighted by molar-refractivity contribution is 8.01. The van der Waals surface area contributed by atoms with E-state index in [0.717, 1.165) is 16.2 Å². The summed E-state index contributed by atoms with van der Waals surface area (Å²) in [6.07, 6.45) is 3.43. The highest BCUT2D eigenvalue weighted by Gasteiger charge is 2.14. The van der Waals surface area contributed by atoms with Crippen molar-refractivity contribution in [2.24, 2.45) is 0 Å². The van der Waals surface area contributed by atoms with Gasteiger partial charge >= 0.3 is 0 Å². The molecule has 0 saturated carbocycles. The van der Waals surface area contributed by atoms with E-state index in [1.54, 1.807) is 24.7 Å². The van der Waals surface area contributed by atoms with Gasteiger partial charge in [0, 0.05) is 13.1 Å². The summed E-state index contributed by atoms with van der Waals surface area (Å²) in [6, 6.07) is 7.20. The van der Waals surface area contributed by atoms with Crippen LogP contribution in [0.3, 0.4) is 0 Å². The first-order valence-corrected chi connectivity index (χ1v) is 7.00. The molecule has 4 nitrogen and oxygen atoms in total. The van der Waals surface area contributed by atoms with Gasteiger partial charge in [-0.2, -0.15) is 0 Å².